The van der Waals surface area contributed by atoms with Crippen molar-refractivity contribution in [2.45, 2.75) is 18.2 Å². The molecule has 2 amide bonds. The Morgan fingerprint density at radius 3 is 2.56 bits per heavy atom. The molecule has 3 aromatic rings. The third-order valence-electron chi connectivity index (χ3n) is 7.16. The normalized spacial score (nSPS) is 16.9. The number of anilines is 2. The Balaban J connectivity index is 1.12. The van der Waals surface area contributed by atoms with Crippen LogP contribution in [0.1, 0.15) is 27.9 Å². The summed E-state index contributed by atoms with van der Waals surface area (Å²) in [5, 5.41) is 3.01. The number of nitrogens with one attached hydrogen (secondary N) is 1. The first-order chi connectivity index (χ1) is 18.9. The molecular weight excluding hydrogens is 511 g/mol. The Morgan fingerprint density at radius 2 is 1.79 bits per heavy atom. The molecular formula is C31H33FN4O2S. The van der Waals surface area contributed by atoms with Crippen LogP contribution in [-0.4, -0.2) is 63.0 Å². The number of halogens is 1. The molecule has 5 rings (SSSR count). The molecule has 2 heterocycles. The topological polar surface area (TPSA) is 55.9 Å². The maximum atomic E-state index is 14.1. The Labute approximate surface area is 233 Å². The van der Waals surface area contributed by atoms with E-state index < -0.39 is 0 Å². The highest BCUT2D eigenvalue weighted by Crippen LogP contribution is 2.42. The highest BCUT2D eigenvalue weighted by molar-refractivity contribution is 8.04. The highest BCUT2D eigenvalue weighted by Gasteiger charge is 2.27. The number of benzene rings is 3. The molecule has 0 unspecified atom stereocenters. The molecule has 0 aliphatic carbocycles. The van der Waals surface area contributed by atoms with Gasteiger partial charge in [0.05, 0.1) is 16.3 Å². The lowest BCUT2D eigenvalue weighted by Crippen LogP contribution is -2.47. The van der Waals surface area contributed by atoms with Crippen LogP contribution in [0.2, 0.25) is 0 Å². The van der Waals surface area contributed by atoms with E-state index in [1.165, 1.54) is 17.8 Å². The number of aryl methyl sites for hydroxylation is 1. The molecule has 0 bridgehead atoms. The largest absolute Gasteiger partial charge is 0.367 e. The Hall–Kier alpha value is -3.62. The zero-order valence-corrected chi connectivity index (χ0v) is 23.1. The summed E-state index contributed by atoms with van der Waals surface area (Å²) in [5.41, 5.74) is 4.08. The minimum absolute atomic E-state index is 0.0818. The number of rotatable bonds is 7. The van der Waals surface area contributed by atoms with Crippen LogP contribution in [0.3, 0.4) is 0 Å². The first kappa shape index (κ1) is 27.0. The molecule has 202 valence electrons. The number of thioether (sulfide) groups is 1. The van der Waals surface area contributed by atoms with Crippen molar-refractivity contribution in [1.29, 1.82) is 0 Å². The van der Waals surface area contributed by atoms with Gasteiger partial charge in [-0.2, -0.15) is 0 Å². The van der Waals surface area contributed by atoms with Gasteiger partial charge in [-0.3, -0.25) is 14.5 Å². The lowest BCUT2D eigenvalue weighted by atomic mass is 10.1. The van der Waals surface area contributed by atoms with Gasteiger partial charge < -0.3 is 15.1 Å². The number of amides is 2. The van der Waals surface area contributed by atoms with Crippen molar-refractivity contribution < 1.29 is 14.0 Å². The van der Waals surface area contributed by atoms with Crippen LogP contribution in [-0.2, 0) is 4.79 Å². The van der Waals surface area contributed by atoms with E-state index in [4.69, 9.17) is 0 Å². The maximum absolute atomic E-state index is 14.1. The number of para-hydroxylation sites is 1. The van der Waals surface area contributed by atoms with Crippen LogP contribution in [0.25, 0.3) is 6.08 Å². The van der Waals surface area contributed by atoms with E-state index >= 15 is 0 Å². The average molecular weight is 545 g/mol. The number of hydrogen-bond acceptors (Lipinski definition) is 5. The van der Waals surface area contributed by atoms with Crippen molar-refractivity contribution in [2.75, 3.05) is 56.1 Å². The molecule has 8 heteroatoms. The van der Waals surface area contributed by atoms with Crippen molar-refractivity contribution in [2.24, 2.45) is 0 Å². The van der Waals surface area contributed by atoms with Gasteiger partial charge in [0.1, 0.15) is 5.82 Å². The van der Waals surface area contributed by atoms with Crippen molar-refractivity contribution in [3.05, 3.63) is 94.1 Å². The monoisotopic (exact) mass is 544 g/mol. The average Bonchev–Trinajstić information content (AvgIpc) is 2.94. The van der Waals surface area contributed by atoms with E-state index in [9.17, 15) is 14.0 Å². The molecule has 1 N–H and O–H groups in total. The molecule has 2 aliphatic rings. The summed E-state index contributed by atoms with van der Waals surface area (Å²) < 4.78 is 14.1. The summed E-state index contributed by atoms with van der Waals surface area (Å²) in [6.45, 7) is 6.78. The molecule has 1 fully saturated rings. The minimum Gasteiger partial charge on any atom is -0.367 e. The standard InChI is InChI=1S/C31H33FN4O2S/c1-22-7-5-8-23(19-22)20-29-31(38)34(2)27-21-24(11-12-28(27)39-29)30(37)33-13-6-14-35-15-17-36(18-16-35)26-10-4-3-9-25(26)32/h3-5,7-12,19-21H,6,13-18H2,1-2H3,(H,33,37)/b29-20-. The summed E-state index contributed by atoms with van der Waals surface area (Å²) in [7, 11) is 1.75. The van der Waals surface area contributed by atoms with E-state index in [2.05, 4.69) is 21.2 Å². The zero-order chi connectivity index (χ0) is 27.4. The molecule has 39 heavy (non-hydrogen) atoms. The van der Waals surface area contributed by atoms with Crippen molar-refractivity contribution in [1.82, 2.24) is 10.2 Å². The summed E-state index contributed by atoms with van der Waals surface area (Å²) >= 11 is 1.44. The van der Waals surface area contributed by atoms with Gasteiger partial charge in [0.25, 0.3) is 11.8 Å². The second-order valence-electron chi connectivity index (χ2n) is 9.96. The molecule has 2 aliphatic heterocycles. The number of fused-ring (bicyclic) bond motifs is 1. The van der Waals surface area contributed by atoms with Crippen LogP contribution in [0.4, 0.5) is 15.8 Å². The van der Waals surface area contributed by atoms with Crippen LogP contribution in [0, 0.1) is 12.7 Å². The van der Waals surface area contributed by atoms with E-state index in [1.807, 2.05) is 55.5 Å². The number of nitrogens with zero attached hydrogens (tertiary/aromatic N) is 3. The lowest BCUT2D eigenvalue weighted by molar-refractivity contribution is -0.114. The smallest absolute Gasteiger partial charge is 0.264 e. The molecule has 6 nitrogen and oxygen atoms in total. The van der Waals surface area contributed by atoms with E-state index in [1.54, 1.807) is 24.1 Å². The zero-order valence-electron chi connectivity index (χ0n) is 22.3. The molecule has 0 radical (unpaired) electrons. The van der Waals surface area contributed by atoms with Crippen LogP contribution in [0.15, 0.2) is 76.5 Å². The van der Waals surface area contributed by atoms with Gasteiger partial charge in [0.2, 0.25) is 0 Å². The van der Waals surface area contributed by atoms with Gasteiger partial charge in [-0.25, -0.2) is 4.39 Å². The Bertz CT molecular complexity index is 1400. The first-order valence-corrected chi connectivity index (χ1v) is 14.1. The fourth-order valence-electron chi connectivity index (χ4n) is 4.97. The summed E-state index contributed by atoms with van der Waals surface area (Å²) in [5.74, 6) is -0.403. The number of likely N-dealkylation sites (N-methyl/N-ethyl adjacent to an activating group) is 1. The summed E-state index contributed by atoms with van der Waals surface area (Å²) in [6.07, 6.45) is 2.75. The van der Waals surface area contributed by atoms with Gasteiger partial charge in [-0.05, 0) is 61.9 Å². The van der Waals surface area contributed by atoms with E-state index in [0.717, 1.165) is 60.9 Å². The van der Waals surface area contributed by atoms with Gasteiger partial charge >= 0.3 is 0 Å². The Kier molecular flexibility index (Phi) is 8.33. The quantitative estimate of drug-likeness (QED) is 0.328. The van der Waals surface area contributed by atoms with Gasteiger partial charge in [-0.1, -0.05) is 53.7 Å². The van der Waals surface area contributed by atoms with Gasteiger partial charge in [-0.15, -0.1) is 0 Å². The van der Waals surface area contributed by atoms with Crippen molar-refractivity contribution in [3.8, 4) is 0 Å². The lowest BCUT2D eigenvalue weighted by Gasteiger charge is -2.36. The Morgan fingerprint density at radius 1 is 1.00 bits per heavy atom. The number of carbonyl (C=O) groups is 2. The van der Waals surface area contributed by atoms with Crippen molar-refractivity contribution >= 4 is 41.0 Å². The predicted octanol–water partition coefficient (Wildman–Crippen LogP) is 5.19. The number of carbonyl (C=O) groups excluding carboxylic acids is 2. The van der Waals surface area contributed by atoms with Gasteiger partial charge in [0.15, 0.2) is 0 Å². The molecule has 3 aromatic carbocycles. The third kappa shape index (κ3) is 6.34. The first-order valence-electron chi connectivity index (χ1n) is 13.3. The second-order valence-corrected chi connectivity index (χ2v) is 11.0. The molecule has 0 atom stereocenters. The van der Waals surface area contributed by atoms with Gasteiger partial charge in [0, 0.05) is 50.2 Å². The number of hydrogen-bond donors (Lipinski definition) is 1. The number of piperazine rings is 1. The summed E-state index contributed by atoms with van der Waals surface area (Å²) in [6, 6.07) is 20.5. The van der Waals surface area contributed by atoms with Crippen molar-refractivity contribution in [3.63, 3.8) is 0 Å². The SMILES string of the molecule is Cc1cccc(/C=C2\Sc3ccc(C(=O)NCCCN4CCN(c5ccccc5F)CC4)cc3N(C)C2=O)c1. The summed E-state index contributed by atoms with van der Waals surface area (Å²) in [4.78, 5) is 33.6. The van der Waals surface area contributed by atoms with Crippen LogP contribution in [0.5, 0.6) is 0 Å². The highest BCUT2D eigenvalue weighted by atomic mass is 32.2. The van der Waals surface area contributed by atoms with Crippen LogP contribution >= 0.6 is 11.8 Å². The predicted molar refractivity (Wildman–Crippen MR) is 157 cm³/mol. The molecule has 1 saturated heterocycles. The third-order valence-corrected chi connectivity index (χ3v) is 8.24. The molecule has 0 aromatic heterocycles. The fourth-order valence-corrected chi connectivity index (χ4v) is 6.07. The molecule has 0 saturated carbocycles. The van der Waals surface area contributed by atoms with Crippen LogP contribution < -0.4 is 15.1 Å². The second kappa shape index (κ2) is 12.1. The van der Waals surface area contributed by atoms with E-state index in [0.29, 0.717) is 22.7 Å². The minimum atomic E-state index is -0.177. The maximum Gasteiger partial charge on any atom is 0.264 e. The van der Waals surface area contributed by atoms with E-state index in [-0.39, 0.29) is 17.6 Å². The fraction of sp³-hybridized carbons (Fsp3) is 0.290. The molecule has 0 spiro atoms.